The van der Waals surface area contributed by atoms with Gasteiger partial charge in [0, 0.05) is 43.4 Å². The van der Waals surface area contributed by atoms with Gasteiger partial charge < -0.3 is 10.6 Å². The summed E-state index contributed by atoms with van der Waals surface area (Å²) in [4.78, 5) is 43.6. The number of carbonyl (C=O) groups is 2. The van der Waals surface area contributed by atoms with Crippen LogP contribution in [0.3, 0.4) is 0 Å². The molecule has 3 aromatic rings. The van der Waals surface area contributed by atoms with Crippen LogP contribution in [0.15, 0.2) is 41.3 Å². The van der Waals surface area contributed by atoms with Gasteiger partial charge in [0.25, 0.3) is 0 Å². The van der Waals surface area contributed by atoms with E-state index in [0.29, 0.717) is 36.6 Å². The number of ketones is 1. The van der Waals surface area contributed by atoms with Gasteiger partial charge in [-0.2, -0.15) is 10.1 Å². The van der Waals surface area contributed by atoms with Crippen molar-refractivity contribution in [3.05, 3.63) is 69.5 Å². The predicted octanol–water partition coefficient (Wildman–Crippen LogP) is 2.06. The molecule has 9 nitrogen and oxygen atoms in total. The number of amides is 1. The van der Waals surface area contributed by atoms with Crippen LogP contribution in [-0.4, -0.2) is 49.0 Å². The Labute approximate surface area is 191 Å². The summed E-state index contributed by atoms with van der Waals surface area (Å²) in [7, 11) is 0. The maximum atomic E-state index is 13.1. The quantitative estimate of drug-likeness (QED) is 0.577. The first-order valence-corrected chi connectivity index (χ1v) is 11.0. The first-order chi connectivity index (χ1) is 15.7. The topological polar surface area (TPSA) is 116 Å². The number of rotatable bonds is 6. The Balaban J connectivity index is 1.40. The lowest BCUT2D eigenvalue weighted by atomic mass is 9.98. The molecule has 0 spiro atoms. The monoisotopic (exact) mass is 448 g/mol. The Hall–Kier alpha value is -3.75. The van der Waals surface area contributed by atoms with E-state index in [1.807, 2.05) is 44.2 Å². The second-order valence-electron chi connectivity index (χ2n) is 8.60. The summed E-state index contributed by atoms with van der Waals surface area (Å²) in [5.41, 5.74) is 9.62. The van der Waals surface area contributed by atoms with E-state index in [2.05, 4.69) is 10.1 Å². The average Bonchev–Trinajstić information content (AvgIpc) is 3.40. The Kier molecular flexibility index (Phi) is 6.13. The Morgan fingerprint density at radius 3 is 2.58 bits per heavy atom. The molecule has 0 unspecified atom stereocenters. The Morgan fingerprint density at radius 2 is 1.88 bits per heavy atom. The van der Waals surface area contributed by atoms with E-state index < -0.39 is 0 Å². The number of nitrogens with two attached hydrogens (primary N) is 1. The number of hydrogen-bond acceptors (Lipinski definition) is 6. The number of benzene rings is 1. The largest absolute Gasteiger partial charge is 0.383 e. The second kappa shape index (κ2) is 9.01. The van der Waals surface area contributed by atoms with Crippen molar-refractivity contribution in [2.45, 2.75) is 40.2 Å². The van der Waals surface area contributed by atoms with Gasteiger partial charge in [-0.05, 0) is 45.4 Å². The predicted molar refractivity (Wildman–Crippen MR) is 124 cm³/mol. The molecular weight excluding hydrogens is 420 g/mol. The van der Waals surface area contributed by atoms with E-state index in [9.17, 15) is 14.4 Å². The van der Waals surface area contributed by atoms with Gasteiger partial charge in [-0.25, -0.2) is 9.48 Å². The molecule has 1 aromatic carbocycles. The molecule has 1 atom stereocenters. The van der Waals surface area contributed by atoms with Crippen LogP contribution in [0.1, 0.15) is 40.2 Å². The third kappa shape index (κ3) is 4.57. The average molecular weight is 449 g/mol. The van der Waals surface area contributed by atoms with Crippen LogP contribution >= 0.6 is 0 Å². The van der Waals surface area contributed by atoms with Crippen LogP contribution < -0.4 is 11.4 Å². The van der Waals surface area contributed by atoms with Crippen LogP contribution in [0.5, 0.6) is 0 Å². The molecule has 0 saturated carbocycles. The van der Waals surface area contributed by atoms with Crippen molar-refractivity contribution in [3.8, 4) is 5.69 Å². The van der Waals surface area contributed by atoms with Gasteiger partial charge in [-0.15, -0.1) is 0 Å². The third-order valence-electron chi connectivity index (χ3n) is 6.16. The highest BCUT2D eigenvalue weighted by Crippen LogP contribution is 2.26. The highest BCUT2D eigenvalue weighted by molar-refractivity contribution is 6.02. The summed E-state index contributed by atoms with van der Waals surface area (Å²) in [6.45, 7) is 6.69. The van der Waals surface area contributed by atoms with Crippen molar-refractivity contribution < 1.29 is 9.59 Å². The van der Waals surface area contributed by atoms with Crippen LogP contribution in [0.4, 0.5) is 5.82 Å². The fourth-order valence-electron chi connectivity index (χ4n) is 4.27. The number of anilines is 1. The lowest BCUT2D eigenvalue weighted by molar-refractivity contribution is -0.130. The minimum atomic E-state index is -0.351. The van der Waals surface area contributed by atoms with Crippen LogP contribution in [0.2, 0.25) is 0 Å². The van der Waals surface area contributed by atoms with E-state index in [1.54, 1.807) is 16.5 Å². The number of aryl methyl sites for hydroxylation is 3. The zero-order chi connectivity index (χ0) is 23.7. The molecule has 1 aliphatic rings. The molecule has 3 heterocycles. The molecule has 4 rings (SSSR count). The smallest absolute Gasteiger partial charge is 0.347 e. The number of aromatic nitrogens is 4. The number of nitrogen functional groups attached to an aromatic ring is 1. The van der Waals surface area contributed by atoms with Gasteiger partial charge in [-0.3, -0.25) is 14.2 Å². The summed E-state index contributed by atoms with van der Waals surface area (Å²) in [5.74, 6) is -0.204. The fraction of sp³-hybridized carbons (Fsp3) is 0.375. The molecule has 2 aromatic heterocycles. The third-order valence-corrected chi connectivity index (χ3v) is 6.16. The van der Waals surface area contributed by atoms with Crippen LogP contribution in [0.25, 0.3) is 5.69 Å². The summed E-state index contributed by atoms with van der Waals surface area (Å²) >= 11 is 0. The summed E-state index contributed by atoms with van der Waals surface area (Å²) in [6.07, 6.45) is 2.26. The highest BCUT2D eigenvalue weighted by atomic mass is 16.2. The van der Waals surface area contributed by atoms with E-state index in [1.165, 1.54) is 10.8 Å². The molecule has 0 aliphatic carbocycles. The van der Waals surface area contributed by atoms with Gasteiger partial charge >= 0.3 is 5.69 Å². The summed E-state index contributed by atoms with van der Waals surface area (Å²) in [5, 5.41) is 4.30. The summed E-state index contributed by atoms with van der Waals surface area (Å²) < 4.78 is 3.06. The first kappa shape index (κ1) is 22.4. The molecule has 1 amide bonds. The molecule has 9 heteroatoms. The normalized spacial score (nSPS) is 15.7. The van der Waals surface area contributed by atoms with E-state index in [0.717, 1.165) is 16.9 Å². The fourth-order valence-corrected chi connectivity index (χ4v) is 4.27. The van der Waals surface area contributed by atoms with Crippen molar-refractivity contribution in [2.75, 3.05) is 18.8 Å². The minimum absolute atomic E-state index is 0.0829. The molecule has 1 aliphatic heterocycles. The zero-order valence-electron chi connectivity index (χ0n) is 19.1. The highest BCUT2D eigenvalue weighted by Gasteiger charge is 2.33. The molecule has 2 N–H and O–H groups in total. The van der Waals surface area contributed by atoms with Gasteiger partial charge in [0.1, 0.15) is 5.82 Å². The number of Topliss-reactive ketones (excluding diaryl/α,β-unsaturated/α-hetero) is 1. The van der Waals surface area contributed by atoms with Gasteiger partial charge in [0.05, 0.1) is 17.4 Å². The number of hydrogen-bond donors (Lipinski definition) is 1. The first-order valence-electron chi connectivity index (χ1n) is 11.0. The van der Waals surface area contributed by atoms with Gasteiger partial charge in [0.2, 0.25) is 5.91 Å². The van der Waals surface area contributed by atoms with Gasteiger partial charge in [0.15, 0.2) is 5.78 Å². The summed E-state index contributed by atoms with van der Waals surface area (Å²) in [6, 6.07) is 9.54. The molecule has 0 bridgehead atoms. The van der Waals surface area contributed by atoms with Crippen molar-refractivity contribution >= 4 is 17.5 Å². The lowest BCUT2D eigenvalue weighted by Gasteiger charge is -2.17. The Morgan fingerprint density at radius 1 is 1.15 bits per heavy atom. The molecule has 172 valence electrons. The molecule has 1 fully saturated rings. The van der Waals surface area contributed by atoms with Crippen molar-refractivity contribution in [1.29, 1.82) is 0 Å². The molecular formula is C24H28N6O3. The molecule has 1 saturated heterocycles. The van der Waals surface area contributed by atoms with Crippen molar-refractivity contribution in [3.63, 3.8) is 0 Å². The maximum absolute atomic E-state index is 13.1. The van der Waals surface area contributed by atoms with E-state index in [-0.39, 0.29) is 36.3 Å². The second-order valence-corrected chi connectivity index (χ2v) is 8.60. The van der Waals surface area contributed by atoms with Crippen LogP contribution in [-0.2, 0) is 11.3 Å². The SMILES string of the molecule is Cc1ccc(-n2ncc(C(=O)[C@H]3CCN(C(=O)CCn4c(C)cc(C)nc4=O)C3)c2N)cc1. The molecule has 33 heavy (non-hydrogen) atoms. The number of nitrogens with zero attached hydrogens (tertiary/aromatic N) is 5. The van der Waals surface area contributed by atoms with Gasteiger partial charge in [-0.1, -0.05) is 17.7 Å². The standard InChI is InChI=1S/C24H28N6O3/c1-15-4-6-19(7-5-15)30-23(25)20(13-26-30)22(32)18-8-10-28(14-18)21(31)9-11-29-17(3)12-16(2)27-24(29)33/h4-7,12-13,18H,8-11,14,25H2,1-3H3/t18-/m0/s1. The minimum Gasteiger partial charge on any atom is -0.383 e. The number of likely N-dealkylation sites (tertiary alicyclic amines) is 1. The van der Waals surface area contributed by atoms with Crippen molar-refractivity contribution in [2.24, 2.45) is 5.92 Å². The van der Waals surface area contributed by atoms with Crippen molar-refractivity contribution in [1.82, 2.24) is 24.2 Å². The zero-order valence-corrected chi connectivity index (χ0v) is 19.1. The molecule has 0 radical (unpaired) electrons. The van der Waals surface area contributed by atoms with Crippen LogP contribution in [0, 0.1) is 26.7 Å². The lowest BCUT2D eigenvalue weighted by Crippen LogP contribution is -2.33. The maximum Gasteiger partial charge on any atom is 0.347 e. The van der Waals surface area contributed by atoms with E-state index in [4.69, 9.17) is 5.73 Å². The Bertz CT molecular complexity index is 1260. The van der Waals surface area contributed by atoms with E-state index >= 15 is 0 Å². The number of carbonyl (C=O) groups excluding carboxylic acids is 2.